The first kappa shape index (κ1) is 91.1. The van der Waals surface area contributed by atoms with Crippen LogP contribution in [0.1, 0.15) is 388 Å². The minimum absolute atomic E-state index is 0.105. The lowest BCUT2D eigenvalue weighted by Crippen LogP contribution is -2.30. The Balaban J connectivity index is 5.21. The van der Waals surface area contributed by atoms with E-state index in [0.29, 0.717) is 25.7 Å². The third kappa shape index (κ3) is 68.4. The second-order valence-electron chi connectivity index (χ2n) is 27.2. The molecule has 93 heavy (non-hydrogen) atoms. The Bertz CT molecular complexity index is 1790. The molecule has 0 fully saturated rings. The second kappa shape index (κ2) is 67.3. The average molecular weight is 1370 g/mol. The number of phosphoric ester groups is 2. The standard InChI is InChI=1S/C74H144O17P2/c1-6-9-12-15-18-21-24-26-27-28-29-30-31-32-35-38-44-49-54-59-73(78)90-69(63-85-72(77)58-53-48-43-37-34-25-22-19-16-13-10-7-2)65-88-92(80,81)86-61-68(75)62-87-93(82,83)89-66-70(91-74(79)60-55-50-45-40-39-41-46-51-56-67(4)5)64-84-71(76)57-52-47-42-36-33-23-20-17-14-11-8-3/h67-70,75H,6-66H2,1-5H3,(H,80,81)(H,82,83)/t68-,69-,70-/m1/s1. The van der Waals surface area contributed by atoms with E-state index in [1.54, 1.807) is 0 Å². The molecule has 5 atom stereocenters. The first-order valence-corrected chi connectivity index (χ1v) is 41.6. The summed E-state index contributed by atoms with van der Waals surface area (Å²) in [5.74, 6) is -1.40. The van der Waals surface area contributed by atoms with Gasteiger partial charge in [-0.3, -0.25) is 37.3 Å². The lowest BCUT2D eigenvalue weighted by atomic mass is 10.0. The van der Waals surface area contributed by atoms with Gasteiger partial charge in [0.15, 0.2) is 12.2 Å². The van der Waals surface area contributed by atoms with Crippen LogP contribution in [-0.2, 0) is 65.4 Å². The van der Waals surface area contributed by atoms with Crippen LogP contribution in [0.4, 0.5) is 0 Å². The van der Waals surface area contributed by atoms with E-state index in [-0.39, 0.29) is 25.7 Å². The minimum Gasteiger partial charge on any atom is -0.462 e. The molecule has 552 valence electrons. The predicted octanol–water partition coefficient (Wildman–Crippen LogP) is 21.7. The molecule has 0 radical (unpaired) electrons. The number of carbonyl (C=O) groups excluding carboxylic acids is 4. The second-order valence-corrected chi connectivity index (χ2v) is 30.1. The van der Waals surface area contributed by atoms with E-state index in [2.05, 4.69) is 34.6 Å². The highest BCUT2D eigenvalue weighted by Crippen LogP contribution is 2.45. The van der Waals surface area contributed by atoms with Crippen molar-refractivity contribution in [2.75, 3.05) is 39.6 Å². The molecule has 0 saturated heterocycles. The average Bonchev–Trinajstić information content (AvgIpc) is 1.82. The number of esters is 4. The molecular formula is C74H144O17P2. The van der Waals surface area contributed by atoms with Gasteiger partial charge in [-0.1, -0.05) is 336 Å². The van der Waals surface area contributed by atoms with Crippen molar-refractivity contribution in [2.45, 2.75) is 406 Å². The van der Waals surface area contributed by atoms with Gasteiger partial charge in [0.25, 0.3) is 0 Å². The number of carbonyl (C=O) groups is 4. The van der Waals surface area contributed by atoms with Crippen molar-refractivity contribution in [1.82, 2.24) is 0 Å². The lowest BCUT2D eigenvalue weighted by Gasteiger charge is -2.21. The monoisotopic (exact) mass is 1370 g/mol. The van der Waals surface area contributed by atoms with Crippen LogP contribution in [-0.4, -0.2) is 96.7 Å². The van der Waals surface area contributed by atoms with Crippen molar-refractivity contribution in [3.05, 3.63) is 0 Å². The number of aliphatic hydroxyl groups excluding tert-OH is 1. The van der Waals surface area contributed by atoms with E-state index in [1.807, 2.05) is 0 Å². The normalized spacial score (nSPS) is 14.0. The summed E-state index contributed by atoms with van der Waals surface area (Å²) in [5, 5.41) is 10.6. The number of rotatable bonds is 74. The largest absolute Gasteiger partial charge is 0.472 e. The zero-order chi connectivity index (χ0) is 68.4. The van der Waals surface area contributed by atoms with Crippen LogP contribution in [0.3, 0.4) is 0 Å². The Kier molecular flexibility index (Phi) is 65.9. The minimum atomic E-state index is -4.95. The van der Waals surface area contributed by atoms with E-state index in [1.165, 1.54) is 212 Å². The van der Waals surface area contributed by atoms with Crippen molar-refractivity contribution in [3.63, 3.8) is 0 Å². The smallest absolute Gasteiger partial charge is 0.462 e. The first-order chi connectivity index (χ1) is 45.0. The summed E-state index contributed by atoms with van der Waals surface area (Å²) in [4.78, 5) is 72.7. The maximum absolute atomic E-state index is 13.1. The Morgan fingerprint density at radius 2 is 0.495 bits per heavy atom. The van der Waals surface area contributed by atoms with E-state index >= 15 is 0 Å². The molecule has 0 aromatic heterocycles. The van der Waals surface area contributed by atoms with Crippen LogP contribution in [0.25, 0.3) is 0 Å². The highest BCUT2D eigenvalue weighted by molar-refractivity contribution is 7.47. The van der Waals surface area contributed by atoms with Gasteiger partial charge in [0.2, 0.25) is 0 Å². The number of hydrogen-bond donors (Lipinski definition) is 3. The molecule has 0 rings (SSSR count). The zero-order valence-corrected chi connectivity index (χ0v) is 62.2. The van der Waals surface area contributed by atoms with Crippen molar-refractivity contribution < 1.29 is 80.2 Å². The Labute approximate surface area is 568 Å². The van der Waals surface area contributed by atoms with Gasteiger partial charge in [-0.25, -0.2) is 9.13 Å². The molecule has 0 aromatic rings. The summed E-state index contributed by atoms with van der Waals surface area (Å²) in [6.45, 7) is 7.23. The van der Waals surface area contributed by atoms with Crippen molar-refractivity contribution in [2.24, 2.45) is 5.92 Å². The summed E-state index contributed by atoms with van der Waals surface area (Å²) >= 11 is 0. The van der Waals surface area contributed by atoms with Gasteiger partial charge < -0.3 is 33.8 Å². The summed E-state index contributed by atoms with van der Waals surface area (Å²) < 4.78 is 68.4. The summed E-state index contributed by atoms with van der Waals surface area (Å²) in [7, 11) is -9.90. The number of ether oxygens (including phenoxy) is 4. The van der Waals surface area contributed by atoms with E-state index < -0.39 is 97.5 Å². The Morgan fingerprint density at radius 1 is 0.290 bits per heavy atom. The van der Waals surface area contributed by atoms with Gasteiger partial charge in [0, 0.05) is 25.7 Å². The SMILES string of the molecule is CCCCCCCCCCCCCCCCCCCCCC(=O)O[C@H](COC(=O)CCCCCCCCCCCCCC)COP(=O)(O)OC[C@@H](O)COP(=O)(O)OC[C@@H](COC(=O)CCCCCCCCCCCCC)OC(=O)CCCCCCCCCCC(C)C. The fourth-order valence-corrected chi connectivity index (χ4v) is 12.9. The Hall–Kier alpha value is -1.94. The molecule has 0 aliphatic heterocycles. The third-order valence-electron chi connectivity index (χ3n) is 17.3. The molecule has 0 saturated carbocycles. The van der Waals surface area contributed by atoms with Crippen LogP contribution in [0.15, 0.2) is 0 Å². The molecule has 17 nitrogen and oxygen atoms in total. The topological polar surface area (TPSA) is 237 Å². The van der Waals surface area contributed by atoms with Crippen LogP contribution in [0.5, 0.6) is 0 Å². The third-order valence-corrected chi connectivity index (χ3v) is 19.2. The zero-order valence-electron chi connectivity index (χ0n) is 60.4. The van der Waals surface area contributed by atoms with E-state index in [9.17, 15) is 43.2 Å². The molecular weight excluding hydrogens is 1220 g/mol. The van der Waals surface area contributed by atoms with Crippen molar-refractivity contribution >= 4 is 39.5 Å². The molecule has 0 bridgehead atoms. The maximum atomic E-state index is 13.1. The van der Waals surface area contributed by atoms with Crippen LogP contribution in [0.2, 0.25) is 0 Å². The van der Waals surface area contributed by atoms with Crippen molar-refractivity contribution in [1.29, 1.82) is 0 Å². The molecule has 3 N–H and O–H groups in total. The van der Waals surface area contributed by atoms with Crippen molar-refractivity contribution in [3.8, 4) is 0 Å². The fraction of sp³-hybridized carbons (Fsp3) is 0.946. The van der Waals surface area contributed by atoms with E-state index in [4.69, 9.17) is 37.0 Å². The maximum Gasteiger partial charge on any atom is 0.472 e. The van der Waals surface area contributed by atoms with Gasteiger partial charge in [0.05, 0.1) is 26.4 Å². The fourth-order valence-electron chi connectivity index (χ4n) is 11.4. The van der Waals surface area contributed by atoms with Gasteiger partial charge >= 0.3 is 39.5 Å². The van der Waals surface area contributed by atoms with Gasteiger partial charge in [-0.2, -0.15) is 0 Å². The molecule has 19 heteroatoms. The summed E-state index contributed by atoms with van der Waals surface area (Å²) in [6, 6.07) is 0. The number of phosphoric acid groups is 2. The molecule has 0 spiro atoms. The highest BCUT2D eigenvalue weighted by Gasteiger charge is 2.30. The number of aliphatic hydroxyl groups is 1. The van der Waals surface area contributed by atoms with E-state index in [0.717, 1.165) is 95.8 Å². The van der Waals surface area contributed by atoms with Crippen LogP contribution >= 0.6 is 15.6 Å². The molecule has 0 aliphatic carbocycles. The molecule has 0 heterocycles. The van der Waals surface area contributed by atoms with Crippen LogP contribution in [0, 0.1) is 5.92 Å². The summed E-state index contributed by atoms with van der Waals surface area (Å²) in [5.41, 5.74) is 0. The quantitative estimate of drug-likeness (QED) is 0.0222. The van der Waals surface area contributed by atoms with Gasteiger partial charge in [0.1, 0.15) is 19.3 Å². The first-order valence-electron chi connectivity index (χ1n) is 38.6. The summed E-state index contributed by atoms with van der Waals surface area (Å²) in [6.07, 6.45) is 55.5. The lowest BCUT2D eigenvalue weighted by molar-refractivity contribution is -0.161. The predicted molar refractivity (Wildman–Crippen MR) is 377 cm³/mol. The van der Waals surface area contributed by atoms with Gasteiger partial charge in [-0.15, -0.1) is 0 Å². The number of hydrogen-bond acceptors (Lipinski definition) is 15. The Morgan fingerprint density at radius 3 is 0.731 bits per heavy atom. The van der Waals surface area contributed by atoms with Crippen LogP contribution < -0.4 is 0 Å². The molecule has 0 aliphatic rings. The molecule has 2 unspecified atom stereocenters. The number of unbranched alkanes of at least 4 members (excludes halogenated alkanes) is 46. The molecule has 0 aromatic carbocycles. The molecule has 0 amide bonds. The highest BCUT2D eigenvalue weighted by atomic mass is 31.2. The van der Waals surface area contributed by atoms with Gasteiger partial charge in [-0.05, 0) is 31.6 Å².